The first-order chi connectivity index (χ1) is 12.2. The molecule has 1 saturated heterocycles. The highest BCUT2D eigenvalue weighted by Gasteiger charge is 2.31. The SMILES string of the molecule is CCNC(=NCc1ccccc1OCC)NCC1(SC)CCOCC1. The van der Waals surface area contributed by atoms with E-state index in [0.717, 1.165) is 56.4 Å². The van der Waals surface area contributed by atoms with Gasteiger partial charge >= 0.3 is 0 Å². The Kier molecular flexibility index (Phi) is 8.41. The number of hydrogen-bond acceptors (Lipinski definition) is 4. The molecule has 0 spiro atoms. The predicted molar refractivity (Wildman–Crippen MR) is 107 cm³/mol. The van der Waals surface area contributed by atoms with E-state index in [0.29, 0.717) is 13.2 Å². The van der Waals surface area contributed by atoms with Crippen molar-refractivity contribution in [3.63, 3.8) is 0 Å². The molecule has 1 aromatic rings. The lowest BCUT2D eigenvalue weighted by Gasteiger charge is -2.36. The number of ether oxygens (including phenoxy) is 2. The lowest BCUT2D eigenvalue weighted by molar-refractivity contribution is 0.0783. The normalized spacial score (nSPS) is 17.2. The van der Waals surface area contributed by atoms with Crippen LogP contribution in [0.5, 0.6) is 5.75 Å². The highest BCUT2D eigenvalue weighted by molar-refractivity contribution is 8.00. The summed E-state index contributed by atoms with van der Waals surface area (Å²) in [5.74, 6) is 1.77. The summed E-state index contributed by atoms with van der Waals surface area (Å²) in [6.45, 7) is 8.78. The second-order valence-corrected chi connectivity index (χ2v) is 7.36. The minimum Gasteiger partial charge on any atom is -0.494 e. The van der Waals surface area contributed by atoms with Crippen molar-refractivity contribution >= 4 is 17.7 Å². The molecule has 25 heavy (non-hydrogen) atoms. The van der Waals surface area contributed by atoms with Gasteiger partial charge in [-0.05, 0) is 39.0 Å². The first-order valence-electron chi connectivity index (χ1n) is 9.09. The molecule has 1 heterocycles. The van der Waals surface area contributed by atoms with Gasteiger partial charge in [-0.1, -0.05) is 18.2 Å². The van der Waals surface area contributed by atoms with Gasteiger partial charge in [-0.15, -0.1) is 0 Å². The van der Waals surface area contributed by atoms with Crippen LogP contribution in [0.4, 0.5) is 0 Å². The summed E-state index contributed by atoms with van der Waals surface area (Å²) in [5.41, 5.74) is 1.10. The number of rotatable bonds is 8. The van der Waals surface area contributed by atoms with Crippen molar-refractivity contribution in [1.82, 2.24) is 10.6 Å². The van der Waals surface area contributed by atoms with E-state index in [1.807, 2.05) is 36.9 Å². The van der Waals surface area contributed by atoms with Gasteiger partial charge in [-0.2, -0.15) is 11.8 Å². The Morgan fingerprint density at radius 2 is 2.00 bits per heavy atom. The molecule has 0 saturated carbocycles. The van der Waals surface area contributed by atoms with Crippen molar-refractivity contribution in [2.24, 2.45) is 4.99 Å². The average Bonchev–Trinajstić information content (AvgIpc) is 2.66. The Bertz CT molecular complexity index is 545. The number of hydrogen-bond donors (Lipinski definition) is 2. The van der Waals surface area contributed by atoms with Gasteiger partial charge in [0.15, 0.2) is 5.96 Å². The van der Waals surface area contributed by atoms with Gasteiger partial charge < -0.3 is 20.1 Å². The molecule has 1 aliphatic heterocycles. The third-order valence-corrected chi connectivity index (χ3v) is 5.86. The zero-order valence-corrected chi connectivity index (χ0v) is 16.5. The van der Waals surface area contributed by atoms with E-state index in [9.17, 15) is 0 Å². The lowest BCUT2D eigenvalue weighted by atomic mass is 9.99. The minimum atomic E-state index is 0.234. The van der Waals surface area contributed by atoms with Crippen molar-refractivity contribution < 1.29 is 9.47 Å². The third-order valence-electron chi connectivity index (χ3n) is 4.44. The molecule has 1 aromatic carbocycles. The second-order valence-electron chi connectivity index (χ2n) is 6.09. The van der Waals surface area contributed by atoms with Crippen LogP contribution < -0.4 is 15.4 Å². The molecule has 0 radical (unpaired) electrons. The molecule has 5 nitrogen and oxygen atoms in total. The molecule has 2 rings (SSSR count). The van der Waals surface area contributed by atoms with Crippen molar-refractivity contribution in [3.05, 3.63) is 29.8 Å². The topological polar surface area (TPSA) is 54.9 Å². The average molecular weight is 366 g/mol. The van der Waals surface area contributed by atoms with Gasteiger partial charge in [0.25, 0.3) is 0 Å². The van der Waals surface area contributed by atoms with Gasteiger partial charge in [0.2, 0.25) is 0 Å². The molecule has 1 aliphatic rings. The fourth-order valence-corrected chi connectivity index (χ4v) is 3.67. The molecule has 0 amide bonds. The van der Waals surface area contributed by atoms with Crippen molar-refractivity contribution in [3.8, 4) is 5.75 Å². The Balaban J connectivity index is 2.00. The van der Waals surface area contributed by atoms with Crippen molar-refractivity contribution in [1.29, 1.82) is 0 Å². The summed E-state index contributed by atoms with van der Waals surface area (Å²) in [7, 11) is 0. The highest BCUT2D eigenvalue weighted by Crippen LogP contribution is 2.32. The van der Waals surface area contributed by atoms with Crippen LogP contribution in [0.1, 0.15) is 32.3 Å². The molecular weight excluding hydrogens is 334 g/mol. The molecule has 0 atom stereocenters. The fourth-order valence-electron chi connectivity index (χ4n) is 2.88. The monoisotopic (exact) mass is 365 g/mol. The Hall–Kier alpha value is -1.40. The van der Waals surface area contributed by atoms with Crippen LogP contribution >= 0.6 is 11.8 Å². The standard InChI is InChI=1S/C19H31N3O2S/c1-4-20-18(22-15-19(25-3)10-12-23-13-11-19)21-14-16-8-6-7-9-17(16)24-5-2/h6-9H,4-5,10-15H2,1-3H3,(H2,20,21,22). The van der Waals surface area contributed by atoms with Gasteiger partial charge in [-0.3, -0.25) is 0 Å². The lowest BCUT2D eigenvalue weighted by Crippen LogP contribution is -2.47. The second kappa shape index (κ2) is 10.6. The summed E-state index contributed by atoms with van der Waals surface area (Å²) >= 11 is 1.93. The number of nitrogens with zero attached hydrogens (tertiary/aromatic N) is 1. The zero-order chi connectivity index (χ0) is 18.0. The van der Waals surface area contributed by atoms with Crippen LogP contribution in [0, 0.1) is 0 Å². The Morgan fingerprint density at radius 1 is 1.24 bits per heavy atom. The molecule has 6 heteroatoms. The summed E-state index contributed by atoms with van der Waals surface area (Å²) < 4.78 is 11.4. The number of nitrogens with one attached hydrogen (secondary N) is 2. The largest absolute Gasteiger partial charge is 0.494 e. The maximum absolute atomic E-state index is 5.69. The van der Waals surface area contributed by atoms with Crippen molar-refractivity contribution in [2.45, 2.75) is 38.0 Å². The quantitative estimate of drug-likeness (QED) is 0.548. The molecule has 0 unspecified atom stereocenters. The number of aliphatic imine (C=N–C) groups is 1. The van der Waals surface area contributed by atoms with Crippen LogP contribution in [0.25, 0.3) is 0 Å². The van der Waals surface area contributed by atoms with E-state index in [2.05, 4.69) is 29.9 Å². The van der Waals surface area contributed by atoms with Crippen LogP contribution in [0.15, 0.2) is 29.3 Å². The van der Waals surface area contributed by atoms with E-state index in [1.54, 1.807) is 0 Å². The zero-order valence-electron chi connectivity index (χ0n) is 15.6. The molecule has 0 aliphatic carbocycles. The van der Waals surface area contributed by atoms with Gasteiger partial charge in [-0.25, -0.2) is 4.99 Å². The molecule has 140 valence electrons. The first-order valence-corrected chi connectivity index (χ1v) is 10.3. The molecule has 0 bridgehead atoms. The van der Waals surface area contributed by atoms with Gasteiger partial charge in [0, 0.05) is 36.6 Å². The van der Waals surface area contributed by atoms with Gasteiger partial charge in [0.05, 0.1) is 13.2 Å². The van der Waals surface area contributed by atoms with E-state index in [1.165, 1.54) is 0 Å². The maximum Gasteiger partial charge on any atom is 0.191 e. The number of guanidine groups is 1. The Morgan fingerprint density at radius 3 is 2.68 bits per heavy atom. The molecule has 2 N–H and O–H groups in total. The number of para-hydroxylation sites is 1. The van der Waals surface area contributed by atoms with E-state index >= 15 is 0 Å². The smallest absolute Gasteiger partial charge is 0.191 e. The Labute approximate surface area is 156 Å². The summed E-state index contributed by atoms with van der Waals surface area (Å²) in [6, 6.07) is 8.09. The number of thioether (sulfide) groups is 1. The van der Waals surface area contributed by atoms with Gasteiger partial charge in [0.1, 0.15) is 5.75 Å². The molecule has 0 aromatic heterocycles. The van der Waals surface area contributed by atoms with Crippen LogP contribution in [-0.2, 0) is 11.3 Å². The highest BCUT2D eigenvalue weighted by atomic mass is 32.2. The summed E-state index contributed by atoms with van der Waals surface area (Å²) in [4.78, 5) is 4.75. The first kappa shape index (κ1) is 19.9. The van der Waals surface area contributed by atoms with E-state index < -0.39 is 0 Å². The van der Waals surface area contributed by atoms with E-state index in [4.69, 9.17) is 14.5 Å². The predicted octanol–water partition coefficient (Wildman–Crippen LogP) is 3.05. The maximum atomic E-state index is 5.69. The fraction of sp³-hybridized carbons (Fsp3) is 0.632. The number of benzene rings is 1. The van der Waals surface area contributed by atoms with Crippen LogP contribution in [0.3, 0.4) is 0 Å². The third kappa shape index (κ3) is 6.12. The molecular formula is C19H31N3O2S. The van der Waals surface area contributed by atoms with E-state index in [-0.39, 0.29) is 4.75 Å². The van der Waals surface area contributed by atoms with Crippen LogP contribution in [-0.4, -0.2) is 49.9 Å². The minimum absolute atomic E-state index is 0.234. The molecule has 1 fully saturated rings. The van der Waals surface area contributed by atoms with Crippen molar-refractivity contribution in [2.75, 3.05) is 39.2 Å². The summed E-state index contributed by atoms with van der Waals surface area (Å²) in [5, 5.41) is 6.87. The van der Waals surface area contributed by atoms with Crippen LogP contribution in [0.2, 0.25) is 0 Å². The summed E-state index contributed by atoms with van der Waals surface area (Å²) in [6.07, 6.45) is 4.34.